The molecule has 0 spiro atoms. The number of carbonyl (C=O) groups is 2. The van der Waals surface area contributed by atoms with Crippen molar-refractivity contribution in [1.29, 1.82) is 0 Å². The van der Waals surface area contributed by atoms with E-state index in [1.165, 1.54) is 0 Å². The lowest BCUT2D eigenvalue weighted by Crippen LogP contribution is -2.46. The van der Waals surface area contributed by atoms with Crippen LogP contribution in [0.3, 0.4) is 0 Å². The summed E-state index contributed by atoms with van der Waals surface area (Å²) in [5.41, 5.74) is 3.12. The first-order chi connectivity index (χ1) is 14.6. The van der Waals surface area contributed by atoms with Crippen LogP contribution in [0.15, 0.2) is 48.5 Å². The SMILES string of the molecule is COc1cccc([C@H](CNC(=O)C(=O)NCc2ccc(C)cc2)N2CCOCC2)c1. The maximum atomic E-state index is 12.4. The van der Waals surface area contributed by atoms with Gasteiger partial charge < -0.3 is 20.1 Å². The van der Waals surface area contributed by atoms with Crippen LogP contribution in [0.2, 0.25) is 0 Å². The number of amides is 2. The Morgan fingerprint density at radius 2 is 1.77 bits per heavy atom. The summed E-state index contributed by atoms with van der Waals surface area (Å²) < 4.78 is 10.8. The topological polar surface area (TPSA) is 79.9 Å². The van der Waals surface area contributed by atoms with Crippen LogP contribution in [0.5, 0.6) is 5.75 Å². The van der Waals surface area contributed by atoms with Crippen molar-refractivity contribution in [2.75, 3.05) is 40.0 Å². The molecule has 1 atom stereocenters. The first-order valence-electron chi connectivity index (χ1n) is 10.1. The molecule has 1 heterocycles. The number of hydrogen-bond acceptors (Lipinski definition) is 5. The fourth-order valence-electron chi connectivity index (χ4n) is 3.43. The van der Waals surface area contributed by atoms with Crippen molar-refractivity contribution < 1.29 is 19.1 Å². The van der Waals surface area contributed by atoms with Gasteiger partial charge >= 0.3 is 11.8 Å². The Kier molecular flexibility index (Phi) is 7.82. The molecule has 1 aliphatic heterocycles. The van der Waals surface area contributed by atoms with E-state index in [1.807, 2.05) is 55.5 Å². The zero-order chi connectivity index (χ0) is 21.3. The normalized spacial score (nSPS) is 15.3. The van der Waals surface area contributed by atoms with Crippen LogP contribution in [0.4, 0.5) is 0 Å². The molecule has 0 aliphatic carbocycles. The number of rotatable bonds is 7. The number of nitrogens with zero attached hydrogens (tertiary/aromatic N) is 1. The summed E-state index contributed by atoms with van der Waals surface area (Å²) in [5.74, 6) is -0.516. The van der Waals surface area contributed by atoms with Crippen LogP contribution in [-0.2, 0) is 20.9 Å². The van der Waals surface area contributed by atoms with Crippen molar-refractivity contribution >= 4 is 11.8 Å². The lowest BCUT2D eigenvalue weighted by molar-refractivity contribution is -0.139. The molecule has 0 radical (unpaired) electrons. The Bertz CT molecular complexity index is 848. The van der Waals surface area contributed by atoms with Gasteiger partial charge in [0.25, 0.3) is 0 Å². The van der Waals surface area contributed by atoms with Gasteiger partial charge in [-0.05, 0) is 30.2 Å². The van der Waals surface area contributed by atoms with E-state index in [0.717, 1.165) is 35.5 Å². The summed E-state index contributed by atoms with van der Waals surface area (Å²) in [5, 5.41) is 5.46. The second kappa shape index (κ2) is 10.8. The minimum absolute atomic E-state index is 0.0714. The molecule has 7 nitrogen and oxygen atoms in total. The molecule has 30 heavy (non-hydrogen) atoms. The summed E-state index contributed by atoms with van der Waals surface area (Å²) >= 11 is 0. The Morgan fingerprint density at radius 1 is 1.07 bits per heavy atom. The summed E-state index contributed by atoms with van der Waals surface area (Å²) in [4.78, 5) is 26.9. The Balaban J connectivity index is 1.60. The molecule has 2 N–H and O–H groups in total. The van der Waals surface area contributed by atoms with Gasteiger partial charge in [-0.1, -0.05) is 42.0 Å². The van der Waals surface area contributed by atoms with Crippen LogP contribution < -0.4 is 15.4 Å². The second-order valence-corrected chi connectivity index (χ2v) is 7.32. The standard InChI is InChI=1S/C23H29N3O4/c1-17-6-8-18(9-7-17)15-24-22(27)23(28)25-16-21(26-10-12-30-13-11-26)19-4-3-5-20(14-19)29-2/h3-9,14,21H,10-13,15-16H2,1-2H3,(H,24,27)(H,25,28)/t21-/m0/s1. The van der Waals surface area contributed by atoms with E-state index >= 15 is 0 Å². The molecule has 0 aromatic heterocycles. The third-order valence-corrected chi connectivity index (χ3v) is 5.20. The van der Waals surface area contributed by atoms with E-state index in [9.17, 15) is 9.59 Å². The number of benzene rings is 2. The molecule has 1 saturated heterocycles. The molecule has 0 bridgehead atoms. The van der Waals surface area contributed by atoms with Gasteiger partial charge in [-0.2, -0.15) is 0 Å². The first-order valence-corrected chi connectivity index (χ1v) is 10.1. The molecule has 160 valence electrons. The van der Waals surface area contributed by atoms with Gasteiger partial charge in [0.1, 0.15) is 5.75 Å². The van der Waals surface area contributed by atoms with Crippen molar-refractivity contribution in [3.63, 3.8) is 0 Å². The van der Waals surface area contributed by atoms with E-state index in [1.54, 1.807) is 7.11 Å². The van der Waals surface area contributed by atoms with Crippen molar-refractivity contribution in [2.24, 2.45) is 0 Å². The molecular formula is C23H29N3O4. The maximum absolute atomic E-state index is 12.4. The molecule has 0 unspecified atom stereocenters. The van der Waals surface area contributed by atoms with Crippen LogP contribution in [0, 0.1) is 6.92 Å². The summed E-state index contributed by atoms with van der Waals surface area (Å²) in [6.45, 7) is 5.45. The number of aryl methyl sites for hydroxylation is 1. The van der Waals surface area contributed by atoms with Gasteiger partial charge in [-0.3, -0.25) is 14.5 Å². The lowest BCUT2D eigenvalue weighted by atomic mass is 10.0. The average molecular weight is 412 g/mol. The number of methoxy groups -OCH3 is 1. The van der Waals surface area contributed by atoms with E-state index in [0.29, 0.717) is 26.3 Å². The van der Waals surface area contributed by atoms with Crippen LogP contribution in [0.25, 0.3) is 0 Å². The molecule has 0 saturated carbocycles. The number of hydrogen-bond donors (Lipinski definition) is 2. The van der Waals surface area contributed by atoms with E-state index in [4.69, 9.17) is 9.47 Å². The molecule has 3 rings (SSSR count). The van der Waals surface area contributed by atoms with Gasteiger partial charge in [-0.25, -0.2) is 0 Å². The third kappa shape index (κ3) is 6.05. The Hall–Kier alpha value is -2.90. The van der Waals surface area contributed by atoms with Crippen molar-refractivity contribution in [3.8, 4) is 5.75 Å². The van der Waals surface area contributed by atoms with Gasteiger partial charge in [0.15, 0.2) is 0 Å². The lowest BCUT2D eigenvalue weighted by Gasteiger charge is -2.35. The summed E-state index contributed by atoms with van der Waals surface area (Å²) in [7, 11) is 1.63. The molecular weight excluding hydrogens is 382 g/mol. The Morgan fingerprint density at radius 3 is 2.47 bits per heavy atom. The van der Waals surface area contributed by atoms with Gasteiger partial charge in [0, 0.05) is 26.2 Å². The highest BCUT2D eigenvalue weighted by Crippen LogP contribution is 2.24. The largest absolute Gasteiger partial charge is 0.497 e. The number of nitrogens with one attached hydrogen (secondary N) is 2. The van der Waals surface area contributed by atoms with Crippen LogP contribution in [0.1, 0.15) is 22.7 Å². The summed E-state index contributed by atoms with van der Waals surface area (Å²) in [6.07, 6.45) is 0. The minimum Gasteiger partial charge on any atom is -0.497 e. The number of morpholine rings is 1. The van der Waals surface area contributed by atoms with E-state index < -0.39 is 11.8 Å². The second-order valence-electron chi connectivity index (χ2n) is 7.32. The van der Waals surface area contributed by atoms with Gasteiger partial charge in [0.05, 0.1) is 26.4 Å². The quantitative estimate of drug-likeness (QED) is 0.680. The van der Waals surface area contributed by atoms with Crippen LogP contribution in [-0.4, -0.2) is 56.7 Å². The predicted octanol–water partition coefficient (Wildman–Crippen LogP) is 1.81. The smallest absolute Gasteiger partial charge is 0.309 e. The van der Waals surface area contributed by atoms with E-state index in [-0.39, 0.29) is 6.04 Å². The highest BCUT2D eigenvalue weighted by atomic mass is 16.5. The zero-order valence-electron chi connectivity index (χ0n) is 17.5. The average Bonchev–Trinajstić information content (AvgIpc) is 2.79. The monoisotopic (exact) mass is 411 g/mol. The highest BCUT2D eigenvalue weighted by Gasteiger charge is 2.24. The first kappa shape index (κ1) is 21.8. The van der Waals surface area contributed by atoms with Gasteiger partial charge in [-0.15, -0.1) is 0 Å². The maximum Gasteiger partial charge on any atom is 0.309 e. The van der Waals surface area contributed by atoms with E-state index in [2.05, 4.69) is 15.5 Å². The molecule has 7 heteroatoms. The minimum atomic E-state index is -0.637. The number of ether oxygens (including phenoxy) is 2. The van der Waals surface area contributed by atoms with Gasteiger partial charge in [0.2, 0.25) is 0 Å². The molecule has 2 aromatic rings. The Labute approximate surface area is 177 Å². The van der Waals surface area contributed by atoms with Crippen molar-refractivity contribution in [2.45, 2.75) is 19.5 Å². The third-order valence-electron chi connectivity index (χ3n) is 5.20. The van der Waals surface area contributed by atoms with Crippen LogP contribution >= 0.6 is 0 Å². The summed E-state index contributed by atoms with van der Waals surface area (Å²) in [6, 6.07) is 15.5. The fourth-order valence-corrected chi connectivity index (χ4v) is 3.43. The highest BCUT2D eigenvalue weighted by molar-refractivity contribution is 6.35. The molecule has 2 amide bonds. The van der Waals surface area contributed by atoms with Crippen molar-refractivity contribution in [1.82, 2.24) is 15.5 Å². The molecule has 1 fully saturated rings. The number of carbonyl (C=O) groups excluding carboxylic acids is 2. The van der Waals surface area contributed by atoms with Crippen molar-refractivity contribution in [3.05, 3.63) is 65.2 Å². The fraction of sp³-hybridized carbons (Fsp3) is 0.391. The predicted molar refractivity (Wildman–Crippen MR) is 114 cm³/mol. The zero-order valence-corrected chi connectivity index (χ0v) is 17.5. The molecule has 2 aromatic carbocycles. The molecule has 1 aliphatic rings.